The molecule has 1 saturated heterocycles. The van der Waals surface area contributed by atoms with Crippen LogP contribution in [0.3, 0.4) is 0 Å². The van der Waals surface area contributed by atoms with Crippen molar-refractivity contribution < 1.29 is 14.7 Å². The van der Waals surface area contributed by atoms with E-state index in [0.29, 0.717) is 12.8 Å². The first-order valence-electron chi connectivity index (χ1n) is 8.43. The number of amides is 1. The summed E-state index contributed by atoms with van der Waals surface area (Å²) in [5, 5.41) is 12.5. The Bertz CT molecular complexity index is 584. The first-order valence-corrected chi connectivity index (χ1v) is 9.22. The molecule has 6 heteroatoms. The Labute approximate surface area is 151 Å². The molecule has 0 aromatic heterocycles. The Kier molecular flexibility index (Phi) is 6.27. The van der Waals surface area contributed by atoms with Crippen molar-refractivity contribution in [1.29, 1.82) is 0 Å². The molecule has 1 aromatic rings. The minimum Gasteiger partial charge on any atom is -0.481 e. The van der Waals surface area contributed by atoms with Gasteiger partial charge in [-0.3, -0.25) is 9.59 Å². The van der Waals surface area contributed by atoms with E-state index in [2.05, 4.69) is 38.3 Å². The minimum atomic E-state index is -0.950. The quantitative estimate of drug-likeness (QED) is 0.740. The summed E-state index contributed by atoms with van der Waals surface area (Å²) in [5.41, 5.74) is 0.186. The predicted molar refractivity (Wildman–Crippen MR) is 98.2 cm³/mol. The molecule has 1 heterocycles. The molecule has 1 aliphatic heterocycles. The van der Waals surface area contributed by atoms with E-state index < -0.39 is 11.4 Å². The number of hydrogen-bond donors (Lipinski definition) is 2. The Morgan fingerprint density at radius 2 is 1.92 bits per heavy atom. The van der Waals surface area contributed by atoms with Crippen molar-refractivity contribution >= 4 is 33.5 Å². The third-order valence-corrected chi connectivity index (χ3v) is 5.58. The lowest BCUT2D eigenvalue weighted by molar-refractivity contribution is -0.152. The van der Waals surface area contributed by atoms with Gasteiger partial charge in [0, 0.05) is 35.7 Å². The van der Waals surface area contributed by atoms with Gasteiger partial charge in [0.1, 0.15) is 0 Å². The molecule has 1 fully saturated rings. The number of halogens is 1. The second-order valence-electron chi connectivity index (χ2n) is 6.44. The van der Waals surface area contributed by atoms with Crippen molar-refractivity contribution in [2.45, 2.75) is 45.6 Å². The van der Waals surface area contributed by atoms with Gasteiger partial charge in [-0.1, -0.05) is 29.8 Å². The molecule has 1 amide bonds. The van der Waals surface area contributed by atoms with Crippen LogP contribution in [0.25, 0.3) is 0 Å². The van der Waals surface area contributed by atoms with Gasteiger partial charge in [-0.15, -0.1) is 0 Å². The number of benzene rings is 1. The molecule has 24 heavy (non-hydrogen) atoms. The summed E-state index contributed by atoms with van der Waals surface area (Å²) in [6.45, 7) is 5.30. The Morgan fingerprint density at radius 3 is 2.46 bits per heavy atom. The van der Waals surface area contributed by atoms with Gasteiger partial charge in [0.2, 0.25) is 5.91 Å². The number of hydrogen-bond acceptors (Lipinski definition) is 3. The lowest BCUT2D eigenvalue weighted by Gasteiger charge is -2.26. The molecule has 1 atom stereocenters. The van der Waals surface area contributed by atoms with Crippen molar-refractivity contribution in [3.05, 3.63) is 28.7 Å². The fourth-order valence-corrected chi connectivity index (χ4v) is 3.49. The smallest absolute Gasteiger partial charge is 0.310 e. The SMILES string of the molecule is CCC(CC)(CC(=O)NC1CCN(c2ccc(Br)cc2)C1)C(=O)O. The van der Waals surface area contributed by atoms with Crippen LogP contribution in [-0.2, 0) is 9.59 Å². The van der Waals surface area contributed by atoms with Crippen LogP contribution in [0.15, 0.2) is 28.7 Å². The van der Waals surface area contributed by atoms with E-state index in [1.165, 1.54) is 0 Å². The Morgan fingerprint density at radius 1 is 1.29 bits per heavy atom. The zero-order valence-corrected chi connectivity index (χ0v) is 15.8. The molecule has 0 radical (unpaired) electrons. The van der Waals surface area contributed by atoms with Gasteiger partial charge in [-0.2, -0.15) is 0 Å². The van der Waals surface area contributed by atoms with Crippen LogP contribution in [0.4, 0.5) is 5.69 Å². The van der Waals surface area contributed by atoms with E-state index in [9.17, 15) is 14.7 Å². The summed E-state index contributed by atoms with van der Waals surface area (Å²) >= 11 is 3.43. The van der Waals surface area contributed by atoms with Crippen molar-refractivity contribution in [3.63, 3.8) is 0 Å². The van der Waals surface area contributed by atoms with E-state index >= 15 is 0 Å². The van der Waals surface area contributed by atoms with Crippen LogP contribution in [-0.4, -0.2) is 36.1 Å². The topological polar surface area (TPSA) is 69.6 Å². The second-order valence-corrected chi connectivity index (χ2v) is 7.36. The van der Waals surface area contributed by atoms with Crippen molar-refractivity contribution in [2.75, 3.05) is 18.0 Å². The van der Waals surface area contributed by atoms with Gasteiger partial charge in [0.25, 0.3) is 0 Å². The number of carboxylic acid groups (broad SMARTS) is 1. The number of aliphatic carboxylic acids is 1. The van der Waals surface area contributed by atoms with E-state index in [1.54, 1.807) is 0 Å². The molecule has 5 nitrogen and oxygen atoms in total. The number of carbonyl (C=O) groups excluding carboxylic acids is 1. The molecule has 1 aliphatic rings. The molecule has 0 spiro atoms. The molecule has 2 N–H and O–H groups in total. The van der Waals surface area contributed by atoms with E-state index in [0.717, 1.165) is 29.7 Å². The highest BCUT2D eigenvalue weighted by Gasteiger charge is 2.37. The average Bonchev–Trinajstić information content (AvgIpc) is 3.01. The molecule has 1 unspecified atom stereocenters. The Hall–Kier alpha value is -1.56. The molecule has 2 rings (SSSR count). The van der Waals surface area contributed by atoms with Gasteiger partial charge >= 0.3 is 5.97 Å². The number of rotatable bonds is 7. The van der Waals surface area contributed by atoms with Crippen molar-refractivity contribution in [2.24, 2.45) is 5.41 Å². The summed E-state index contributed by atoms with van der Waals surface area (Å²) in [6, 6.07) is 8.19. The highest BCUT2D eigenvalue weighted by molar-refractivity contribution is 9.10. The van der Waals surface area contributed by atoms with Crippen molar-refractivity contribution in [3.8, 4) is 0 Å². The zero-order valence-electron chi connectivity index (χ0n) is 14.2. The molecular weight excluding hydrogens is 372 g/mol. The van der Waals surface area contributed by atoms with Crippen LogP contribution in [0.5, 0.6) is 0 Å². The van der Waals surface area contributed by atoms with E-state index in [4.69, 9.17) is 0 Å². The fourth-order valence-electron chi connectivity index (χ4n) is 3.23. The molecule has 0 aliphatic carbocycles. The second kappa shape index (κ2) is 8.01. The third kappa shape index (κ3) is 4.29. The van der Waals surface area contributed by atoms with Gasteiger partial charge in [-0.25, -0.2) is 0 Å². The molecule has 1 aromatic carbocycles. The summed E-state index contributed by atoms with van der Waals surface area (Å²) in [6.07, 6.45) is 1.84. The summed E-state index contributed by atoms with van der Waals surface area (Å²) in [7, 11) is 0. The standard InChI is InChI=1S/C18H25BrN2O3/c1-3-18(4-2,17(23)24)11-16(22)20-14-9-10-21(12-14)15-7-5-13(19)6-8-15/h5-8,14H,3-4,9-12H2,1-2H3,(H,20,22)(H,23,24). The maximum atomic E-state index is 12.3. The van der Waals surface area contributed by atoms with Crippen LogP contribution in [0.2, 0.25) is 0 Å². The highest BCUT2D eigenvalue weighted by atomic mass is 79.9. The van der Waals surface area contributed by atoms with Gasteiger partial charge < -0.3 is 15.3 Å². The third-order valence-electron chi connectivity index (χ3n) is 5.05. The van der Waals surface area contributed by atoms with Crippen molar-refractivity contribution in [1.82, 2.24) is 5.32 Å². The van der Waals surface area contributed by atoms with E-state index in [1.807, 2.05) is 26.0 Å². The van der Waals surface area contributed by atoms with Crippen LogP contribution < -0.4 is 10.2 Å². The first kappa shape index (κ1) is 18.8. The highest BCUT2D eigenvalue weighted by Crippen LogP contribution is 2.31. The maximum absolute atomic E-state index is 12.3. The average molecular weight is 397 g/mol. The first-order chi connectivity index (χ1) is 11.4. The summed E-state index contributed by atoms with van der Waals surface area (Å²) < 4.78 is 1.04. The molecule has 0 saturated carbocycles. The van der Waals surface area contributed by atoms with Crippen LogP contribution in [0.1, 0.15) is 39.5 Å². The predicted octanol–water partition coefficient (Wildman–Crippen LogP) is 3.43. The van der Waals surface area contributed by atoms with Gasteiger partial charge in [0.05, 0.1) is 5.41 Å². The van der Waals surface area contributed by atoms with Crippen LogP contribution >= 0.6 is 15.9 Å². The number of carboxylic acids is 1. The lowest BCUT2D eigenvalue weighted by Crippen LogP contribution is -2.42. The Balaban J connectivity index is 1.91. The lowest BCUT2D eigenvalue weighted by atomic mass is 9.79. The minimum absolute atomic E-state index is 0.0458. The van der Waals surface area contributed by atoms with Gasteiger partial charge in [-0.05, 0) is 43.5 Å². The number of carbonyl (C=O) groups is 2. The zero-order chi connectivity index (χ0) is 17.7. The monoisotopic (exact) mass is 396 g/mol. The summed E-state index contributed by atoms with van der Waals surface area (Å²) in [4.78, 5) is 26.1. The number of nitrogens with zero attached hydrogens (tertiary/aromatic N) is 1. The van der Waals surface area contributed by atoms with E-state index in [-0.39, 0.29) is 18.4 Å². The number of anilines is 1. The summed E-state index contributed by atoms with van der Waals surface area (Å²) in [5.74, 6) is -1.05. The molecular formula is C18H25BrN2O3. The maximum Gasteiger partial charge on any atom is 0.310 e. The molecule has 0 bridgehead atoms. The normalized spacial score (nSPS) is 17.8. The van der Waals surface area contributed by atoms with Gasteiger partial charge in [0.15, 0.2) is 0 Å². The molecule has 132 valence electrons. The van der Waals surface area contributed by atoms with Crippen LogP contribution in [0, 0.1) is 5.41 Å². The number of nitrogens with one attached hydrogen (secondary N) is 1. The largest absolute Gasteiger partial charge is 0.481 e. The fraction of sp³-hybridized carbons (Fsp3) is 0.556.